The van der Waals surface area contributed by atoms with Crippen LogP contribution in [0.5, 0.6) is 0 Å². The molecule has 0 heterocycles. The summed E-state index contributed by atoms with van der Waals surface area (Å²) in [4.78, 5) is 41.2. The van der Waals surface area contributed by atoms with Crippen molar-refractivity contribution in [3.05, 3.63) is 34.9 Å². The highest BCUT2D eigenvalue weighted by atomic mass is 16.6. The molecule has 2 atom stereocenters. The van der Waals surface area contributed by atoms with Crippen LogP contribution in [0.2, 0.25) is 0 Å². The zero-order chi connectivity index (χ0) is 26.2. The third-order valence-electron chi connectivity index (χ3n) is 6.15. The fourth-order valence-corrected chi connectivity index (χ4v) is 4.55. The molecule has 2 unspecified atom stereocenters. The summed E-state index contributed by atoms with van der Waals surface area (Å²) < 4.78 is 5.27. The number of nitrogens with one attached hydrogen (secondary N) is 2. The van der Waals surface area contributed by atoms with Gasteiger partial charge in [-0.1, -0.05) is 49.9 Å². The molecule has 1 aromatic carbocycles. The van der Waals surface area contributed by atoms with Gasteiger partial charge in [0.25, 0.3) is 0 Å². The quantitative estimate of drug-likeness (QED) is 0.487. The Balaban J connectivity index is 2.40. The largest absolute Gasteiger partial charge is 0.444 e. The molecule has 0 aliphatic heterocycles. The van der Waals surface area contributed by atoms with Gasteiger partial charge in [-0.05, 0) is 65.0 Å². The second-order valence-electron chi connectivity index (χ2n) is 10.5. The average Bonchev–Trinajstić information content (AvgIpc) is 2.77. The van der Waals surface area contributed by atoms with E-state index in [-0.39, 0.29) is 11.9 Å². The Kier molecular flexibility index (Phi) is 10.6. The molecule has 3 N–H and O–H groups in total. The number of benzene rings is 1. The second kappa shape index (κ2) is 12.9. The summed E-state index contributed by atoms with van der Waals surface area (Å²) >= 11 is 0. The lowest BCUT2D eigenvalue weighted by atomic mass is 9.93. The van der Waals surface area contributed by atoms with Gasteiger partial charge >= 0.3 is 6.09 Å². The van der Waals surface area contributed by atoms with Crippen LogP contribution in [0, 0.1) is 13.8 Å². The Labute approximate surface area is 209 Å². The summed E-state index contributed by atoms with van der Waals surface area (Å²) in [5.41, 5.74) is 1.95. The minimum Gasteiger partial charge on any atom is -0.444 e. The molecular weight excluding hydrogens is 446 g/mol. The van der Waals surface area contributed by atoms with Gasteiger partial charge in [0.15, 0.2) is 0 Å². The van der Waals surface area contributed by atoms with Crippen molar-refractivity contribution in [1.82, 2.24) is 15.5 Å². The molecule has 1 aliphatic carbocycles. The van der Waals surface area contributed by atoms with Crippen LogP contribution in [0.15, 0.2) is 18.2 Å². The monoisotopic (exact) mass is 489 g/mol. The van der Waals surface area contributed by atoms with E-state index in [0.717, 1.165) is 42.4 Å². The van der Waals surface area contributed by atoms with Gasteiger partial charge in [0, 0.05) is 12.6 Å². The molecule has 196 valence electrons. The molecule has 0 bridgehead atoms. The topological polar surface area (TPSA) is 108 Å². The lowest BCUT2D eigenvalue weighted by Crippen LogP contribution is -2.55. The van der Waals surface area contributed by atoms with Crippen LogP contribution in [0.4, 0.5) is 4.79 Å². The van der Waals surface area contributed by atoms with E-state index in [1.807, 2.05) is 39.0 Å². The second-order valence-corrected chi connectivity index (χ2v) is 10.5. The maximum atomic E-state index is 13.7. The smallest absolute Gasteiger partial charge is 0.408 e. The Morgan fingerprint density at radius 3 is 2.34 bits per heavy atom. The summed E-state index contributed by atoms with van der Waals surface area (Å²) in [6, 6.07) is 3.79. The summed E-state index contributed by atoms with van der Waals surface area (Å²) in [6.45, 7) is 10.7. The predicted octanol–water partition coefficient (Wildman–Crippen LogP) is 3.92. The molecule has 3 amide bonds. The van der Waals surface area contributed by atoms with E-state index in [1.165, 1.54) is 11.3 Å². The van der Waals surface area contributed by atoms with E-state index in [1.54, 1.807) is 20.8 Å². The lowest BCUT2D eigenvalue weighted by molar-refractivity contribution is -0.143. The Morgan fingerprint density at radius 1 is 1.14 bits per heavy atom. The molecule has 35 heavy (non-hydrogen) atoms. The molecule has 1 aliphatic rings. The van der Waals surface area contributed by atoms with Crippen molar-refractivity contribution < 1.29 is 24.2 Å². The number of aliphatic hydroxyl groups is 1. The standard InChI is InChI=1S/C27H43N3O5/c1-7-15-30(25(33)22(17-31)29-26(34)35-27(4,5)6)23(21-14-13-18(2)16-19(21)3)24(32)28-20-11-9-8-10-12-20/h13-14,16,20,22-23,31H,7-12,15,17H2,1-6H3,(H,28,32)(H,29,34). The van der Waals surface area contributed by atoms with E-state index in [9.17, 15) is 19.5 Å². The highest BCUT2D eigenvalue weighted by Crippen LogP contribution is 2.28. The molecule has 1 saturated carbocycles. The predicted molar refractivity (Wildman–Crippen MR) is 136 cm³/mol. The molecule has 0 aromatic heterocycles. The van der Waals surface area contributed by atoms with Crippen LogP contribution < -0.4 is 10.6 Å². The molecule has 8 nitrogen and oxygen atoms in total. The van der Waals surface area contributed by atoms with Gasteiger partial charge in [-0.2, -0.15) is 0 Å². The van der Waals surface area contributed by atoms with Crippen LogP contribution in [-0.2, 0) is 14.3 Å². The number of nitrogens with zero attached hydrogens (tertiary/aromatic N) is 1. The van der Waals surface area contributed by atoms with E-state index >= 15 is 0 Å². The van der Waals surface area contributed by atoms with Crippen molar-refractivity contribution in [3.8, 4) is 0 Å². The minimum absolute atomic E-state index is 0.0802. The van der Waals surface area contributed by atoms with Gasteiger partial charge in [-0.15, -0.1) is 0 Å². The van der Waals surface area contributed by atoms with Gasteiger partial charge in [0.2, 0.25) is 11.8 Å². The SMILES string of the molecule is CCCN(C(=O)C(CO)NC(=O)OC(C)(C)C)C(C(=O)NC1CCCCC1)c1ccc(C)cc1C. The van der Waals surface area contributed by atoms with Crippen molar-refractivity contribution in [3.63, 3.8) is 0 Å². The van der Waals surface area contributed by atoms with Gasteiger partial charge in [0.1, 0.15) is 17.7 Å². The molecule has 2 rings (SSSR count). The Hall–Kier alpha value is -2.61. The van der Waals surface area contributed by atoms with Crippen LogP contribution in [0.3, 0.4) is 0 Å². The molecule has 1 aromatic rings. The number of hydrogen-bond acceptors (Lipinski definition) is 5. The summed E-state index contributed by atoms with van der Waals surface area (Å²) in [5.74, 6) is -0.761. The fraction of sp³-hybridized carbons (Fsp3) is 0.667. The van der Waals surface area contributed by atoms with Crippen LogP contribution in [0.25, 0.3) is 0 Å². The van der Waals surface area contributed by atoms with E-state index in [0.29, 0.717) is 13.0 Å². The number of aliphatic hydroxyl groups excluding tert-OH is 1. The third kappa shape index (κ3) is 8.53. The fourth-order valence-electron chi connectivity index (χ4n) is 4.55. The number of carbonyl (C=O) groups is 3. The van der Waals surface area contributed by atoms with E-state index in [4.69, 9.17) is 4.74 Å². The number of rotatable bonds is 9. The van der Waals surface area contributed by atoms with Crippen LogP contribution >= 0.6 is 0 Å². The third-order valence-corrected chi connectivity index (χ3v) is 6.15. The van der Waals surface area contributed by atoms with E-state index < -0.39 is 36.3 Å². The highest BCUT2D eigenvalue weighted by molar-refractivity contribution is 5.92. The molecule has 0 spiro atoms. The van der Waals surface area contributed by atoms with Crippen LogP contribution in [-0.4, -0.2) is 58.8 Å². The number of carbonyl (C=O) groups excluding carboxylic acids is 3. The first-order valence-corrected chi connectivity index (χ1v) is 12.7. The summed E-state index contributed by atoms with van der Waals surface area (Å²) in [7, 11) is 0. The molecule has 1 fully saturated rings. The summed E-state index contributed by atoms with van der Waals surface area (Å²) in [5, 5.41) is 15.6. The first-order valence-electron chi connectivity index (χ1n) is 12.7. The number of hydrogen-bond donors (Lipinski definition) is 3. The van der Waals surface area contributed by atoms with Gasteiger partial charge in [-0.3, -0.25) is 9.59 Å². The lowest BCUT2D eigenvalue weighted by Gasteiger charge is -2.36. The van der Waals surface area contributed by atoms with Gasteiger partial charge < -0.3 is 25.4 Å². The van der Waals surface area contributed by atoms with Crippen LogP contribution in [0.1, 0.15) is 89.0 Å². The Morgan fingerprint density at radius 2 is 1.80 bits per heavy atom. The van der Waals surface area contributed by atoms with Crippen molar-refractivity contribution in [1.29, 1.82) is 0 Å². The van der Waals surface area contributed by atoms with Crippen molar-refractivity contribution in [2.75, 3.05) is 13.2 Å². The first-order chi connectivity index (χ1) is 16.5. The normalized spacial score (nSPS) is 16.2. The zero-order valence-electron chi connectivity index (χ0n) is 22.1. The average molecular weight is 490 g/mol. The highest BCUT2D eigenvalue weighted by Gasteiger charge is 2.37. The zero-order valence-corrected chi connectivity index (χ0v) is 22.1. The number of aryl methyl sites for hydroxylation is 2. The molecular formula is C27H43N3O5. The Bertz CT molecular complexity index is 874. The molecule has 8 heteroatoms. The molecule has 0 saturated heterocycles. The molecule has 0 radical (unpaired) electrons. The summed E-state index contributed by atoms with van der Waals surface area (Å²) in [6.07, 6.45) is 4.97. The van der Waals surface area contributed by atoms with Gasteiger partial charge in [-0.25, -0.2) is 4.79 Å². The van der Waals surface area contributed by atoms with Crippen molar-refractivity contribution in [2.24, 2.45) is 0 Å². The minimum atomic E-state index is -1.23. The maximum absolute atomic E-state index is 13.7. The number of alkyl carbamates (subject to hydrolysis) is 1. The number of amides is 3. The first kappa shape index (κ1) is 28.6. The van der Waals surface area contributed by atoms with Crippen molar-refractivity contribution in [2.45, 2.75) is 104 Å². The number of ether oxygens (including phenoxy) is 1. The van der Waals surface area contributed by atoms with E-state index in [2.05, 4.69) is 10.6 Å². The van der Waals surface area contributed by atoms with Gasteiger partial charge in [0.05, 0.1) is 6.61 Å². The maximum Gasteiger partial charge on any atom is 0.408 e. The van der Waals surface area contributed by atoms with Crippen molar-refractivity contribution >= 4 is 17.9 Å².